The molecular formula is C33H49N3O5. The zero-order valence-corrected chi connectivity index (χ0v) is 24.9. The van der Waals surface area contributed by atoms with E-state index in [1.807, 2.05) is 43.3 Å². The molecule has 1 aromatic rings. The molecule has 1 aromatic carbocycles. The number of carboxylic acid groups (broad SMARTS) is 1. The number of unbranched alkanes of at least 4 members (excludes halogenated alkanes) is 3. The number of aliphatic hydroxyl groups excluding tert-OH is 1. The Bertz CT molecular complexity index is 1050. The number of aliphatic carboxylic acids is 1. The SMILES string of the molecule is C=C(/C=C\C)/C(O)=C\C.CCCCC/C=C\C1C[C@@H]1C(=O)O.NC(=O)C1CCCN1C(=O)CNCc1ccccc1. The average molecular weight is 568 g/mol. The van der Waals surface area contributed by atoms with Crippen LogP contribution in [0.15, 0.2) is 78.6 Å². The fourth-order valence-electron chi connectivity index (χ4n) is 4.34. The summed E-state index contributed by atoms with van der Waals surface area (Å²) in [6.07, 6.45) is 16.7. The van der Waals surface area contributed by atoms with Crippen molar-refractivity contribution in [2.24, 2.45) is 17.6 Å². The van der Waals surface area contributed by atoms with E-state index in [9.17, 15) is 14.4 Å². The summed E-state index contributed by atoms with van der Waals surface area (Å²) in [6.45, 7) is 10.9. The monoisotopic (exact) mass is 567 g/mol. The van der Waals surface area contributed by atoms with E-state index in [-0.39, 0.29) is 24.1 Å². The van der Waals surface area contributed by atoms with Gasteiger partial charge < -0.3 is 26.2 Å². The lowest BCUT2D eigenvalue weighted by atomic mass is 10.2. The highest BCUT2D eigenvalue weighted by atomic mass is 16.4. The summed E-state index contributed by atoms with van der Waals surface area (Å²) >= 11 is 0. The molecule has 2 fully saturated rings. The van der Waals surface area contributed by atoms with Crippen LogP contribution in [0.5, 0.6) is 0 Å². The maximum atomic E-state index is 12.0. The first kappa shape index (κ1) is 35.4. The lowest BCUT2D eigenvalue weighted by molar-refractivity contribution is -0.138. The molecule has 2 unspecified atom stereocenters. The fraction of sp³-hybridized carbons (Fsp3) is 0.485. The van der Waals surface area contributed by atoms with Crippen molar-refractivity contribution in [2.45, 2.75) is 78.3 Å². The summed E-state index contributed by atoms with van der Waals surface area (Å²) in [5, 5.41) is 20.7. The minimum Gasteiger partial charge on any atom is -0.508 e. The van der Waals surface area contributed by atoms with E-state index in [1.165, 1.54) is 19.3 Å². The summed E-state index contributed by atoms with van der Waals surface area (Å²) in [6, 6.07) is 9.45. The molecule has 5 N–H and O–H groups in total. The average Bonchev–Trinajstić information content (AvgIpc) is 3.57. The lowest BCUT2D eigenvalue weighted by Gasteiger charge is -2.22. The van der Waals surface area contributed by atoms with Crippen LogP contribution in [0.4, 0.5) is 0 Å². The minimum absolute atomic E-state index is 0.0581. The third-order valence-corrected chi connectivity index (χ3v) is 6.83. The molecule has 1 aliphatic heterocycles. The predicted molar refractivity (Wildman–Crippen MR) is 165 cm³/mol. The molecule has 226 valence electrons. The van der Waals surface area contributed by atoms with Gasteiger partial charge in [-0.05, 0) is 63.5 Å². The Balaban J connectivity index is 0.000000333. The van der Waals surface area contributed by atoms with Gasteiger partial charge >= 0.3 is 5.97 Å². The first-order chi connectivity index (χ1) is 19.7. The number of nitrogens with two attached hydrogens (primary N) is 1. The number of rotatable bonds is 13. The molecule has 8 nitrogen and oxygen atoms in total. The molecule has 41 heavy (non-hydrogen) atoms. The number of carbonyl (C=O) groups is 3. The summed E-state index contributed by atoms with van der Waals surface area (Å²) in [4.78, 5) is 35.3. The molecule has 1 aliphatic carbocycles. The molecule has 3 atom stereocenters. The third-order valence-electron chi connectivity index (χ3n) is 6.83. The molecule has 1 saturated heterocycles. The van der Waals surface area contributed by atoms with Crippen molar-refractivity contribution in [3.8, 4) is 0 Å². The van der Waals surface area contributed by atoms with E-state index in [1.54, 1.807) is 24.0 Å². The van der Waals surface area contributed by atoms with E-state index in [4.69, 9.17) is 15.9 Å². The van der Waals surface area contributed by atoms with E-state index in [0.29, 0.717) is 31.0 Å². The van der Waals surface area contributed by atoms with Gasteiger partial charge in [0.05, 0.1) is 12.5 Å². The van der Waals surface area contributed by atoms with Gasteiger partial charge in [0.1, 0.15) is 11.8 Å². The smallest absolute Gasteiger partial charge is 0.307 e. The Hall–Kier alpha value is -3.65. The molecule has 3 rings (SSSR count). The molecule has 2 amide bonds. The van der Waals surface area contributed by atoms with Crippen LogP contribution in [0.1, 0.15) is 71.3 Å². The third kappa shape index (κ3) is 14.5. The topological polar surface area (TPSA) is 133 Å². The summed E-state index contributed by atoms with van der Waals surface area (Å²) in [7, 11) is 0. The number of allylic oxidation sites excluding steroid dienone is 5. The van der Waals surface area contributed by atoms with Crippen molar-refractivity contribution in [1.82, 2.24) is 10.2 Å². The molecule has 8 heteroatoms. The van der Waals surface area contributed by atoms with E-state index < -0.39 is 17.9 Å². The van der Waals surface area contributed by atoms with Crippen LogP contribution in [0.3, 0.4) is 0 Å². The molecule has 1 heterocycles. The maximum absolute atomic E-state index is 12.0. The van der Waals surface area contributed by atoms with Gasteiger partial charge in [0, 0.05) is 18.7 Å². The normalized spacial score (nSPS) is 19.7. The number of hydrogen-bond donors (Lipinski definition) is 4. The van der Waals surface area contributed by atoms with Crippen LogP contribution >= 0.6 is 0 Å². The molecule has 0 radical (unpaired) electrons. The Labute approximate surface area is 245 Å². The zero-order valence-electron chi connectivity index (χ0n) is 24.9. The predicted octanol–water partition coefficient (Wildman–Crippen LogP) is 5.68. The highest BCUT2D eigenvalue weighted by Gasteiger charge is 2.40. The summed E-state index contributed by atoms with van der Waals surface area (Å²) in [5.41, 5.74) is 7.07. The van der Waals surface area contributed by atoms with Gasteiger partial charge in [-0.2, -0.15) is 0 Å². The fourth-order valence-corrected chi connectivity index (χ4v) is 4.34. The number of primary amides is 1. The van der Waals surface area contributed by atoms with Gasteiger partial charge in [-0.1, -0.05) is 81.0 Å². The van der Waals surface area contributed by atoms with Gasteiger partial charge in [-0.15, -0.1) is 0 Å². The highest BCUT2D eigenvalue weighted by molar-refractivity contribution is 5.88. The first-order valence-corrected chi connectivity index (χ1v) is 14.6. The van der Waals surface area contributed by atoms with Crippen molar-refractivity contribution in [1.29, 1.82) is 0 Å². The molecule has 0 spiro atoms. The van der Waals surface area contributed by atoms with Crippen LogP contribution in [-0.2, 0) is 20.9 Å². The zero-order chi connectivity index (χ0) is 30.6. The molecule has 1 saturated carbocycles. The van der Waals surface area contributed by atoms with E-state index >= 15 is 0 Å². The van der Waals surface area contributed by atoms with Crippen LogP contribution in [-0.4, -0.2) is 52.0 Å². The number of aliphatic hydroxyl groups is 1. The van der Waals surface area contributed by atoms with Crippen molar-refractivity contribution < 1.29 is 24.6 Å². The first-order valence-electron chi connectivity index (χ1n) is 14.6. The van der Waals surface area contributed by atoms with Crippen LogP contribution in [0.2, 0.25) is 0 Å². The summed E-state index contributed by atoms with van der Waals surface area (Å²) in [5.74, 6) is -0.607. The lowest BCUT2D eigenvalue weighted by Crippen LogP contribution is -2.46. The second-order valence-electron chi connectivity index (χ2n) is 10.2. The van der Waals surface area contributed by atoms with Gasteiger partial charge in [0.15, 0.2) is 0 Å². The quantitative estimate of drug-likeness (QED) is 0.105. The second-order valence-corrected chi connectivity index (χ2v) is 10.2. The maximum Gasteiger partial charge on any atom is 0.307 e. The Morgan fingerprint density at radius 2 is 1.85 bits per heavy atom. The number of nitrogens with one attached hydrogen (secondary N) is 1. The Morgan fingerprint density at radius 3 is 2.41 bits per heavy atom. The number of hydrogen-bond acceptors (Lipinski definition) is 5. The molecule has 0 bridgehead atoms. The van der Waals surface area contributed by atoms with Gasteiger partial charge in [0.2, 0.25) is 11.8 Å². The summed E-state index contributed by atoms with van der Waals surface area (Å²) < 4.78 is 0. The van der Waals surface area contributed by atoms with Gasteiger partial charge in [0.25, 0.3) is 0 Å². The van der Waals surface area contributed by atoms with Crippen molar-refractivity contribution in [2.75, 3.05) is 13.1 Å². The van der Waals surface area contributed by atoms with Gasteiger partial charge in [-0.25, -0.2) is 0 Å². The largest absolute Gasteiger partial charge is 0.508 e. The van der Waals surface area contributed by atoms with Crippen LogP contribution in [0, 0.1) is 11.8 Å². The number of nitrogens with zero attached hydrogens (tertiary/aromatic N) is 1. The van der Waals surface area contributed by atoms with Crippen molar-refractivity contribution in [3.05, 3.63) is 84.2 Å². The molecule has 0 aromatic heterocycles. The molecule has 2 aliphatic rings. The highest BCUT2D eigenvalue weighted by Crippen LogP contribution is 2.39. The van der Waals surface area contributed by atoms with E-state index in [2.05, 4.69) is 31.0 Å². The van der Waals surface area contributed by atoms with Gasteiger partial charge in [-0.3, -0.25) is 14.4 Å². The number of carbonyl (C=O) groups excluding carboxylic acids is 2. The Kier molecular flexibility index (Phi) is 17.5. The number of carboxylic acids is 1. The standard InChI is InChI=1S/C14H19N3O2.C11H18O2.C8H12O/c15-14(19)12-7-4-8-17(12)13(18)10-16-9-11-5-2-1-3-6-11;1-2-3-4-5-6-7-9-8-10(9)11(12)13;1-4-6-7(3)8(9)5-2/h1-3,5-6,12,16H,4,7-10H2,(H2,15,19);6-7,9-10H,2-5,8H2,1H3,(H,12,13);4-6,9H,3H2,1-2H3/b;7-6-;6-4-,8-5+/t;9?,10-;/m.0./s1. The second kappa shape index (κ2) is 20.3. The van der Waals surface area contributed by atoms with E-state index in [0.717, 1.165) is 24.8 Å². The Morgan fingerprint density at radius 1 is 1.15 bits per heavy atom. The number of likely N-dealkylation sites (tertiary alicyclic amines) is 1. The van der Waals surface area contributed by atoms with Crippen LogP contribution in [0.25, 0.3) is 0 Å². The minimum atomic E-state index is -0.636. The molecular weight excluding hydrogens is 518 g/mol. The van der Waals surface area contributed by atoms with Crippen LogP contribution < -0.4 is 11.1 Å². The van der Waals surface area contributed by atoms with Crippen molar-refractivity contribution >= 4 is 17.8 Å². The van der Waals surface area contributed by atoms with Crippen molar-refractivity contribution in [3.63, 3.8) is 0 Å². The number of amides is 2. The number of benzene rings is 1.